The minimum Gasteiger partial charge on any atom is -0.383 e. The van der Waals surface area contributed by atoms with E-state index in [1.54, 1.807) is 6.20 Å². The van der Waals surface area contributed by atoms with Gasteiger partial charge in [-0.3, -0.25) is 0 Å². The van der Waals surface area contributed by atoms with Gasteiger partial charge in [-0.05, 0) is 44.0 Å². The van der Waals surface area contributed by atoms with Crippen LogP contribution < -0.4 is 11.1 Å². The first kappa shape index (κ1) is 13.6. The second-order valence-corrected chi connectivity index (χ2v) is 4.93. The van der Waals surface area contributed by atoms with Crippen LogP contribution in [0.4, 0.5) is 5.82 Å². The van der Waals surface area contributed by atoms with Crippen LogP contribution in [0.3, 0.4) is 0 Å². The molecular weight excluding hydrogens is 234 g/mol. The molecular formula is C16H21N3. The largest absolute Gasteiger partial charge is 0.383 e. The molecule has 1 atom stereocenters. The summed E-state index contributed by atoms with van der Waals surface area (Å²) in [6.45, 7) is 2.11. The van der Waals surface area contributed by atoms with E-state index in [0.29, 0.717) is 11.9 Å². The molecule has 1 heterocycles. The lowest BCUT2D eigenvalue weighted by atomic mass is 9.99. The number of nitrogens with zero attached hydrogens (tertiary/aromatic N) is 1. The zero-order valence-electron chi connectivity index (χ0n) is 11.6. The Labute approximate surface area is 114 Å². The number of hydrogen-bond donors (Lipinski definition) is 2. The van der Waals surface area contributed by atoms with Gasteiger partial charge in [-0.1, -0.05) is 35.9 Å². The second kappa shape index (κ2) is 6.34. The van der Waals surface area contributed by atoms with Gasteiger partial charge < -0.3 is 11.1 Å². The SMILES string of the molecule is CNC(Cc1ccc(C)cc1)Cc1cccnc1N. The van der Waals surface area contributed by atoms with Crippen LogP contribution in [-0.2, 0) is 12.8 Å². The van der Waals surface area contributed by atoms with E-state index in [-0.39, 0.29) is 0 Å². The summed E-state index contributed by atoms with van der Waals surface area (Å²) in [5.41, 5.74) is 9.64. The van der Waals surface area contributed by atoms with Gasteiger partial charge in [0.1, 0.15) is 5.82 Å². The van der Waals surface area contributed by atoms with Crippen molar-refractivity contribution in [1.82, 2.24) is 10.3 Å². The van der Waals surface area contributed by atoms with Crippen molar-refractivity contribution in [2.24, 2.45) is 0 Å². The molecule has 0 radical (unpaired) electrons. The van der Waals surface area contributed by atoms with Gasteiger partial charge in [-0.2, -0.15) is 0 Å². The smallest absolute Gasteiger partial charge is 0.126 e. The lowest BCUT2D eigenvalue weighted by Gasteiger charge is -2.17. The van der Waals surface area contributed by atoms with Crippen molar-refractivity contribution in [2.45, 2.75) is 25.8 Å². The third-order valence-corrected chi connectivity index (χ3v) is 3.40. The summed E-state index contributed by atoms with van der Waals surface area (Å²) >= 11 is 0. The topological polar surface area (TPSA) is 50.9 Å². The van der Waals surface area contributed by atoms with Crippen molar-refractivity contribution >= 4 is 5.82 Å². The number of pyridine rings is 1. The Morgan fingerprint density at radius 3 is 2.53 bits per heavy atom. The van der Waals surface area contributed by atoms with Gasteiger partial charge >= 0.3 is 0 Å². The number of nitrogens with one attached hydrogen (secondary N) is 1. The second-order valence-electron chi connectivity index (χ2n) is 4.93. The van der Waals surface area contributed by atoms with Crippen molar-refractivity contribution in [1.29, 1.82) is 0 Å². The standard InChI is InChI=1S/C16H21N3/c1-12-5-7-13(8-6-12)10-15(18-2)11-14-4-3-9-19-16(14)17/h3-9,15,18H,10-11H2,1-2H3,(H2,17,19). The van der Waals surface area contributed by atoms with E-state index >= 15 is 0 Å². The Hall–Kier alpha value is -1.87. The highest BCUT2D eigenvalue weighted by Crippen LogP contribution is 2.13. The number of likely N-dealkylation sites (N-methyl/N-ethyl adjacent to an activating group) is 1. The van der Waals surface area contributed by atoms with Crippen molar-refractivity contribution in [2.75, 3.05) is 12.8 Å². The number of nitrogen functional groups attached to an aromatic ring is 1. The minimum absolute atomic E-state index is 0.370. The predicted octanol–water partition coefficient (Wildman–Crippen LogP) is 2.35. The molecule has 1 aromatic carbocycles. The molecule has 0 aliphatic rings. The van der Waals surface area contributed by atoms with E-state index in [2.05, 4.69) is 41.5 Å². The van der Waals surface area contributed by atoms with E-state index in [4.69, 9.17) is 5.73 Å². The molecule has 0 aliphatic heterocycles. The Kier molecular flexibility index (Phi) is 4.53. The molecule has 1 aromatic heterocycles. The molecule has 3 heteroatoms. The van der Waals surface area contributed by atoms with Crippen LogP contribution in [0.5, 0.6) is 0 Å². The Bertz CT molecular complexity index is 520. The molecule has 0 spiro atoms. The Balaban J connectivity index is 2.05. The molecule has 3 N–H and O–H groups in total. The fourth-order valence-electron chi connectivity index (χ4n) is 2.17. The van der Waals surface area contributed by atoms with Crippen LogP contribution in [0.1, 0.15) is 16.7 Å². The van der Waals surface area contributed by atoms with Gasteiger partial charge in [0, 0.05) is 12.2 Å². The van der Waals surface area contributed by atoms with Crippen LogP contribution in [0, 0.1) is 6.92 Å². The van der Waals surface area contributed by atoms with Crippen LogP contribution >= 0.6 is 0 Å². The maximum absolute atomic E-state index is 5.90. The summed E-state index contributed by atoms with van der Waals surface area (Å²) < 4.78 is 0. The first-order chi connectivity index (χ1) is 9.19. The summed E-state index contributed by atoms with van der Waals surface area (Å²) in [7, 11) is 1.99. The maximum atomic E-state index is 5.90. The normalized spacial score (nSPS) is 12.3. The van der Waals surface area contributed by atoms with E-state index in [0.717, 1.165) is 18.4 Å². The van der Waals surface area contributed by atoms with Gasteiger partial charge in [0.2, 0.25) is 0 Å². The number of rotatable bonds is 5. The molecule has 100 valence electrons. The molecule has 0 fully saturated rings. The van der Waals surface area contributed by atoms with Gasteiger partial charge in [0.05, 0.1) is 0 Å². The summed E-state index contributed by atoms with van der Waals surface area (Å²) in [6, 6.07) is 13.0. The monoisotopic (exact) mass is 255 g/mol. The summed E-state index contributed by atoms with van der Waals surface area (Å²) in [5, 5.41) is 3.36. The molecule has 3 nitrogen and oxygen atoms in total. The van der Waals surface area contributed by atoms with Crippen molar-refractivity contribution in [3.05, 3.63) is 59.3 Å². The van der Waals surface area contributed by atoms with Gasteiger partial charge in [0.15, 0.2) is 0 Å². The third-order valence-electron chi connectivity index (χ3n) is 3.40. The molecule has 2 aromatic rings. The van der Waals surface area contributed by atoms with E-state index in [1.165, 1.54) is 11.1 Å². The summed E-state index contributed by atoms with van der Waals surface area (Å²) in [4.78, 5) is 4.14. The molecule has 0 amide bonds. The van der Waals surface area contributed by atoms with Crippen molar-refractivity contribution in [3.8, 4) is 0 Å². The fraction of sp³-hybridized carbons (Fsp3) is 0.312. The summed E-state index contributed by atoms with van der Waals surface area (Å²) in [6.07, 6.45) is 3.61. The van der Waals surface area contributed by atoms with Crippen LogP contribution in [0.15, 0.2) is 42.6 Å². The third kappa shape index (κ3) is 3.80. The van der Waals surface area contributed by atoms with E-state index in [1.807, 2.05) is 19.2 Å². The molecule has 2 rings (SSSR count). The minimum atomic E-state index is 0.370. The zero-order chi connectivity index (χ0) is 13.7. The van der Waals surface area contributed by atoms with Crippen LogP contribution in [0.25, 0.3) is 0 Å². The quantitative estimate of drug-likeness (QED) is 0.862. The van der Waals surface area contributed by atoms with Crippen LogP contribution in [-0.4, -0.2) is 18.1 Å². The van der Waals surface area contributed by atoms with Crippen LogP contribution in [0.2, 0.25) is 0 Å². The molecule has 19 heavy (non-hydrogen) atoms. The molecule has 0 aliphatic carbocycles. The highest BCUT2D eigenvalue weighted by Gasteiger charge is 2.10. The first-order valence-electron chi connectivity index (χ1n) is 6.61. The first-order valence-corrected chi connectivity index (χ1v) is 6.61. The lowest BCUT2D eigenvalue weighted by molar-refractivity contribution is 0.556. The number of anilines is 1. The van der Waals surface area contributed by atoms with Gasteiger partial charge in [-0.15, -0.1) is 0 Å². The maximum Gasteiger partial charge on any atom is 0.126 e. The predicted molar refractivity (Wildman–Crippen MR) is 80.1 cm³/mol. The zero-order valence-corrected chi connectivity index (χ0v) is 11.6. The number of nitrogens with two attached hydrogens (primary N) is 1. The highest BCUT2D eigenvalue weighted by molar-refractivity contribution is 5.39. The van der Waals surface area contributed by atoms with Crippen molar-refractivity contribution < 1.29 is 0 Å². The van der Waals surface area contributed by atoms with Crippen molar-refractivity contribution in [3.63, 3.8) is 0 Å². The average molecular weight is 255 g/mol. The van der Waals surface area contributed by atoms with Gasteiger partial charge in [0.25, 0.3) is 0 Å². The number of aryl methyl sites for hydroxylation is 1. The highest BCUT2D eigenvalue weighted by atomic mass is 14.9. The van der Waals surface area contributed by atoms with E-state index in [9.17, 15) is 0 Å². The molecule has 1 unspecified atom stereocenters. The molecule has 0 bridgehead atoms. The molecule has 0 saturated heterocycles. The number of benzene rings is 1. The fourth-order valence-corrected chi connectivity index (χ4v) is 2.17. The summed E-state index contributed by atoms with van der Waals surface area (Å²) in [5.74, 6) is 0.631. The lowest BCUT2D eigenvalue weighted by Crippen LogP contribution is -2.30. The number of aromatic nitrogens is 1. The Morgan fingerprint density at radius 1 is 1.16 bits per heavy atom. The van der Waals surface area contributed by atoms with E-state index < -0.39 is 0 Å². The molecule has 0 saturated carbocycles. The number of hydrogen-bond acceptors (Lipinski definition) is 3. The van der Waals surface area contributed by atoms with Gasteiger partial charge in [-0.25, -0.2) is 4.98 Å². The average Bonchev–Trinajstić information content (AvgIpc) is 2.43. The Morgan fingerprint density at radius 2 is 1.89 bits per heavy atom.